The van der Waals surface area contributed by atoms with Gasteiger partial charge in [0.1, 0.15) is 11.6 Å². The van der Waals surface area contributed by atoms with Gasteiger partial charge >= 0.3 is 5.97 Å². The summed E-state index contributed by atoms with van der Waals surface area (Å²) >= 11 is 0. The second-order valence-electron chi connectivity index (χ2n) is 36.8. The fourth-order valence-electron chi connectivity index (χ4n) is 28.3. The number of fused-ring (bicyclic) bond motifs is 15. The van der Waals surface area contributed by atoms with Gasteiger partial charge in [-0.15, -0.1) is 0 Å². The first-order valence-corrected chi connectivity index (χ1v) is 40.2. The molecule has 12 aliphatic rings. The number of carbonyl (C=O) groups is 3. The molecule has 0 aliphatic heterocycles. The number of methoxy groups -OCH3 is 3. The van der Waals surface area contributed by atoms with E-state index in [1.165, 1.54) is 103 Å². The highest BCUT2D eigenvalue weighted by Gasteiger charge is 2.67. The molecule has 102 heavy (non-hydrogen) atoms. The third kappa shape index (κ3) is 14.6. The Morgan fingerprint density at radius 1 is 0.480 bits per heavy atom. The van der Waals surface area contributed by atoms with Crippen molar-refractivity contribution in [3.63, 3.8) is 0 Å². The van der Waals surface area contributed by atoms with Crippen LogP contribution in [0.15, 0.2) is 36.4 Å². The van der Waals surface area contributed by atoms with Crippen molar-refractivity contribution in [2.45, 2.75) is 293 Å². The first kappa shape index (κ1) is 81.9. The minimum atomic E-state index is -0.650. The molecule has 0 heterocycles. The molecule has 2 aromatic carbocycles. The van der Waals surface area contributed by atoms with Gasteiger partial charge in [-0.25, -0.2) is 0 Å². The molecule has 0 bridgehead atoms. The summed E-state index contributed by atoms with van der Waals surface area (Å²) in [6, 6.07) is 15.2. The van der Waals surface area contributed by atoms with Gasteiger partial charge < -0.3 is 40.4 Å². The van der Waals surface area contributed by atoms with Crippen LogP contribution in [0, 0.1) is 158 Å². The van der Waals surface area contributed by atoms with Crippen molar-refractivity contribution in [2.24, 2.45) is 121 Å². The molecule has 0 unspecified atom stereocenters. The quantitative estimate of drug-likeness (QED) is 0.111. The number of nitrogens with two attached hydrogens (primary N) is 1. The summed E-state index contributed by atoms with van der Waals surface area (Å²) in [6.07, 6.45) is 34.2. The normalized spacial score (nSPS) is 43.0. The standard InChI is InChI=1S/C32H45NO3.C24H40O3.C23H38O4.C8H8N2.2CH4/c1-5-32-15-14-31(35,20-36-4)18-24(32)8-9-25-26-10-11-28(30(26,3)13-12-27(25)32)29(34)17-23-7-6-22(19-33)16-21(23)2;1-5-24-13-12-23(26,15-27-4)14-17(24)6-7-18-20-9-8-19(16(2)25)22(20,3)11-10-21(18)24;1-4-23-12-11-22(26,14-27-3)13-15(23)5-6-16-17-7-8-19(20(24)25)21(17,2)10-9-18(16)23;1-6-4-7(5-9)2-3-8(6)10;;/h6-7,16,24-28,35H,5,8-15,17-18,20H2,1-4H3;17-21,26H,5-15H2,1-4H3;15-19,26H,4-14H2,1-3H3,(H,24,25);2-4H,10H2,1H3;2*1H4/t24-,25-,26-,27-,28+,30-,31+,32-;17-,18-,19+,20-,21-,22+,23+,24-;15-,16-,17-,18-,19+,21-,22+,23-;;;/m000.../s1. The number of ketones is 2. The number of ether oxygens (including phenoxy) is 3. The predicted octanol–water partition coefficient (Wildman–Crippen LogP) is 18.6. The van der Waals surface area contributed by atoms with E-state index in [2.05, 4.69) is 47.6 Å². The summed E-state index contributed by atoms with van der Waals surface area (Å²) in [5.74, 6) is 8.89. The zero-order valence-corrected chi connectivity index (χ0v) is 63.9. The SMILES string of the molecule is C.C.CC[C@]12CC[C@](O)(COC)C[C@@H]1CC[C@H]1[C@@H]3CC[C@H](C(=O)Cc4ccc(C#N)cc4C)[C@@]3(C)CC[C@@H]12.CC[C@]12CC[C@](O)(COC)C[C@@H]1CC[C@H]1[C@@H]3CC[C@H](C(=O)O)[C@@]3(C)CC[C@@H]12.CC[C@]12CC[C@](O)(COC)C[C@@H]1CC[C@H]1[C@@H]3CC[C@H](C(C)=O)[C@@]3(C)CC[C@@H]12.Cc1cc(C#N)ccc1N. The maximum absolute atomic E-state index is 13.7. The number of nitrogen functional groups attached to an aromatic ring is 1. The van der Waals surface area contributed by atoms with Crippen molar-refractivity contribution in [1.29, 1.82) is 10.5 Å². The van der Waals surface area contributed by atoms with E-state index < -0.39 is 22.8 Å². The van der Waals surface area contributed by atoms with E-state index >= 15 is 0 Å². The van der Waals surface area contributed by atoms with Crippen molar-refractivity contribution in [1.82, 2.24) is 0 Å². The van der Waals surface area contributed by atoms with Crippen LogP contribution in [0.2, 0.25) is 0 Å². The summed E-state index contributed by atoms with van der Waals surface area (Å²) in [5, 5.41) is 60.7. The first-order chi connectivity index (χ1) is 47.5. The van der Waals surface area contributed by atoms with Crippen LogP contribution in [-0.4, -0.2) is 95.9 Å². The number of carbonyl (C=O) groups excluding carboxylic acids is 2. The van der Waals surface area contributed by atoms with E-state index in [-0.39, 0.29) is 42.9 Å². The molecule has 0 radical (unpaired) electrons. The van der Waals surface area contributed by atoms with Gasteiger partial charge in [-0.3, -0.25) is 14.4 Å². The molecule has 0 aromatic heterocycles. The highest BCUT2D eigenvalue weighted by Crippen LogP contribution is 2.73. The van der Waals surface area contributed by atoms with Crippen LogP contribution in [0.4, 0.5) is 5.69 Å². The number of rotatable bonds is 14. The number of nitriles is 2. The van der Waals surface area contributed by atoms with Crippen LogP contribution in [0.1, 0.15) is 284 Å². The number of benzene rings is 2. The number of anilines is 1. The monoisotopic (exact) mass is 1410 g/mol. The van der Waals surface area contributed by atoms with Crippen LogP contribution in [0.3, 0.4) is 0 Å². The predicted molar refractivity (Wildman–Crippen MR) is 407 cm³/mol. The van der Waals surface area contributed by atoms with Crippen LogP contribution in [0.5, 0.6) is 0 Å². The molecule has 0 spiro atoms. The van der Waals surface area contributed by atoms with Crippen molar-refractivity contribution in [2.75, 3.05) is 46.9 Å². The van der Waals surface area contributed by atoms with E-state index in [0.717, 1.165) is 148 Å². The largest absolute Gasteiger partial charge is 0.481 e. The summed E-state index contributed by atoms with van der Waals surface area (Å²) in [4.78, 5) is 37.9. The van der Waals surface area contributed by atoms with Crippen molar-refractivity contribution in [3.05, 3.63) is 64.2 Å². The number of aliphatic carboxylic acids is 1. The Hall–Kier alpha value is -4.21. The molecule has 2 aromatic rings. The lowest BCUT2D eigenvalue weighted by Gasteiger charge is -2.63. The highest BCUT2D eigenvalue weighted by molar-refractivity contribution is 5.85. The minimum Gasteiger partial charge on any atom is -0.481 e. The fourth-order valence-corrected chi connectivity index (χ4v) is 28.3. The lowest BCUT2D eigenvalue weighted by Crippen LogP contribution is -2.57. The van der Waals surface area contributed by atoms with E-state index in [9.17, 15) is 40.1 Å². The molecule has 14 rings (SSSR count). The number of carboxylic acid groups (broad SMARTS) is 1. The average molecular weight is 1410 g/mol. The third-order valence-electron chi connectivity index (χ3n) is 33.2. The highest BCUT2D eigenvalue weighted by atomic mass is 16.5. The molecular formula is C89H139N3O10. The molecule has 12 saturated carbocycles. The van der Waals surface area contributed by atoms with Crippen LogP contribution < -0.4 is 5.73 Å². The second kappa shape index (κ2) is 31.9. The maximum Gasteiger partial charge on any atom is 0.307 e. The first-order valence-electron chi connectivity index (χ1n) is 40.2. The molecule has 0 saturated heterocycles. The summed E-state index contributed by atoms with van der Waals surface area (Å²) in [6.45, 7) is 21.4. The summed E-state index contributed by atoms with van der Waals surface area (Å²) < 4.78 is 16.1. The van der Waals surface area contributed by atoms with Gasteiger partial charge in [-0.05, 0) is 364 Å². The summed E-state index contributed by atoms with van der Waals surface area (Å²) in [5.41, 5.74) is 10.3. The average Bonchev–Trinajstić information content (AvgIpc) is 1.27. The summed E-state index contributed by atoms with van der Waals surface area (Å²) in [7, 11) is 5.11. The number of aryl methyl sites for hydroxylation is 2. The van der Waals surface area contributed by atoms with Gasteiger partial charge in [-0.2, -0.15) is 10.5 Å². The van der Waals surface area contributed by atoms with Gasteiger partial charge in [-0.1, -0.05) is 62.5 Å². The van der Waals surface area contributed by atoms with E-state index in [0.29, 0.717) is 107 Å². The van der Waals surface area contributed by atoms with E-state index in [1.807, 2.05) is 45.0 Å². The van der Waals surface area contributed by atoms with E-state index in [4.69, 9.17) is 25.2 Å². The molecule has 0 amide bonds. The Morgan fingerprint density at radius 3 is 1.18 bits per heavy atom. The van der Waals surface area contributed by atoms with Crippen molar-refractivity contribution in [3.8, 4) is 12.1 Å². The van der Waals surface area contributed by atoms with Gasteiger partial charge in [0.05, 0.1) is 65.8 Å². The third-order valence-corrected chi connectivity index (χ3v) is 33.2. The molecule has 13 heteroatoms. The van der Waals surface area contributed by atoms with Crippen molar-refractivity contribution >= 4 is 23.2 Å². The molecule has 570 valence electrons. The minimum absolute atomic E-state index is 0. The van der Waals surface area contributed by atoms with Gasteiger partial charge in [0, 0.05) is 45.3 Å². The number of aliphatic hydroxyl groups is 3. The van der Waals surface area contributed by atoms with E-state index in [1.54, 1.807) is 39.5 Å². The molecule has 13 nitrogen and oxygen atoms in total. The lowest BCUT2D eigenvalue weighted by atomic mass is 9.42. The molecule has 6 N–H and O–H groups in total. The lowest BCUT2D eigenvalue weighted by molar-refractivity contribution is -0.174. The maximum atomic E-state index is 13.7. The zero-order chi connectivity index (χ0) is 72.2. The van der Waals surface area contributed by atoms with Gasteiger partial charge in [0.25, 0.3) is 0 Å². The zero-order valence-electron chi connectivity index (χ0n) is 63.9. The number of nitrogens with zero attached hydrogens (tertiary/aromatic N) is 2. The van der Waals surface area contributed by atoms with Gasteiger partial charge in [0.15, 0.2) is 0 Å². The Balaban J connectivity index is 0.000000167. The second-order valence-corrected chi connectivity index (χ2v) is 36.8. The Kier molecular flexibility index (Phi) is 25.6. The molecule has 12 fully saturated rings. The molecule has 24 atom stereocenters. The number of Topliss-reactive ketones (excluding diaryl/α,β-unsaturated/α-hetero) is 2. The fraction of sp³-hybridized carbons (Fsp3) is 0.809. The van der Waals surface area contributed by atoms with Crippen LogP contribution in [0.25, 0.3) is 0 Å². The Bertz CT molecular complexity index is 3240. The molecule has 12 aliphatic carbocycles. The Labute approximate surface area is 617 Å². The van der Waals surface area contributed by atoms with Crippen LogP contribution >= 0.6 is 0 Å². The topological polar surface area (TPSA) is 233 Å². The number of carboxylic acids is 1. The Morgan fingerprint density at radius 2 is 0.833 bits per heavy atom. The van der Waals surface area contributed by atoms with Gasteiger partial charge in [0.2, 0.25) is 0 Å². The number of hydrogen-bond acceptors (Lipinski definition) is 12. The van der Waals surface area contributed by atoms with Crippen molar-refractivity contribution < 1.29 is 49.0 Å². The smallest absolute Gasteiger partial charge is 0.307 e. The molecular weight excluding hydrogens is 1270 g/mol. The van der Waals surface area contributed by atoms with Crippen LogP contribution in [-0.2, 0) is 35.0 Å². The number of hydrogen-bond donors (Lipinski definition) is 5.